The van der Waals surface area contributed by atoms with Crippen LogP contribution in [-0.2, 0) is 46.8 Å². The summed E-state index contributed by atoms with van der Waals surface area (Å²) in [6.45, 7) is 11.7. The van der Waals surface area contributed by atoms with Crippen molar-refractivity contribution >= 4 is 48.1 Å². The van der Waals surface area contributed by atoms with E-state index in [-0.39, 0.29) is 55.6 Å². The molecular formula is C33H51ClN5O12P. The third kappa shape index (κ3) is 8.58. The van der Waals surface area contributed by atoms with Gasteiger partial charge in [0.2, 0.25) is 5.28 Å². The molecule has 0 spiro atoms. The van der Waals surface area contributed by atoms with E-state index in [9.17, 15) is 19.3 Å². The molecule has 1 amide bonds. The van der Waals surface area contributed by atoms with Gasteiger partial charge in [-0.05, 0) is 72.9 Å². The van der Waals surface area contributed by atoms with E-state index in [1.807, 2.05) is 0 Å². The van der Waals surface area contributed by atoms with Crippen molar-refractivity contribution in [1.29, 1.82) is 0 Å². The molecule has 4 heterocycles. The van der Waals surface area contributed by atoms with Crippen LogP contribution in [-0.4, -0.2) is 112 Å². The van der Waals surface area contributed by atoms with Crippen molar-refractivity contribution in [3.05, 3.63) is 11.5 Å². The lowest BCUT2D eigenvalue weighted by Crippen LogP contribution is -2.43. The highest BCUT2D eigenvalue weighted by atomic mass is 35.5. The molecule has 2 aliphatic heterocycles. The Balaban J connectivity index is 1.52. The second-order valence-electron chi connectivity index (χ2n) is 14.5. The summed E-state index contributed by atoms with van der Waals surface area (Å²) in [7, 11) is -2.74. The third-order valence-corrected chi connectivity index (χ3v) is 11.8. The average molecular weight is 776 g/mol. The second kappa shape index (κ2) is 16.1. The highest BCUT2D eigenvalue weighted by molar-refractivity contribution is 7.55. The summed E-state index contributed by atoms with van der Waals surface area (Å²) in [5.41, 5.74) is -0.467. The van der Waals surface area contributed by atoms with Gasteiger partial charge in [-0.1, -0.05) is 12.8 Å². The molecule has 2 aromatic heterocycles. The molecule has 1 N–H and O–H groups in total. The van der Waals surface area contributed by atoms with Gasteiger partial charge in [-0.2, -0.15) is 15.1 Å². The van der Waals surface area contributed by atoms with Crippen LogP contribution in [0.4, 0.5) is 10.6 Å². The standard InChI is InChI=1S/C33H51ClN5O12P/c1-9-46-52(43,47-10-2)33(19-44-8,16-15-23(40)41)45-18-22-24-25(50-32(6,7)49-24)28(48-22)39-27-21(17-35-39)26(36-29(34)37-27)38(20-13-11-12-14-20)30(42)51-31(3,4)5/h17,20,22,24-25,28H,9-16,18-19H2,1-8H3,(H,40,41)/t22-,24-,25-,28-,33?/m1/s1. The minimum Gasteiger partial charge on any atom is -0.481 e. The van der Waals surface area contributed by atoms with Gasteiger partial charge in [-0.25, -0.2) is 9.48 Å². The zero-order valence-electron chi connectivity index (χ0n) is 31.0. The van der Waals surface area contributed by atoms with E-state index >= 15 is 0 Å². The first-order valence-corrected chi connectivity index (χ1v) is 19.6. The number of methoxy groups -OCH3 is 1. The number of ether oxygens (including phenoxy) is 6. The fourth-order valence-electron chi connectivity index (χ4n) is 6.99. The predicted molar refractivity (Wildman–Crippen MR) is 187 cm³/mol. The number of amides is 1. The molecule has 2 aromatic rings. The summed E-state index contributed by atoms with van der Waals surface area (Å²) in [4.78, 5) is 36.0. The minimum atomic E-state index is -4.12. The lowest BCUT2D eigenvalue weighted by molar-refractivity contribution is -0.207. The molecule has 0 aromatic carbocycles. The Bertz CT molecular complexity index is 1620. The van der Waals surface area contributed by atoms with Crippen LogP contribution >= 0.6 is 19.2 Å². The van der Waals surface area contributed by atoms with Crippen LogP contribution in [0, 0.1) is 0 Å². The summed E-state index contributed by atoms with van der Waals surface area (Å²) in [5.74, 6) is -1.89. The van der Waals surface area contributed by atoms with E-state index in [0.29, 0.717) is 5.39 Å². The van der Waals surface area contributed by atoms with Gasteiger partial charge in [0.25, 0.3) is 0 Å². The molecule has 1 aliphatic carbocycles. The summed E-state index contributed by atoms with van der Waals surface area (Å²) >= 11 is 6.55. The van der Waals surface area contributed by atoms with Crippen LogP contribution in [0.1, 0.15) is 93.2 Å². The number of aromatic nitrogens is 4. The van der Waals surface area contributed by atoms with Crippen LogP contribution in [0.15, 0.2) is 6.20 Å². The molecule has 3 aliphatic rings. The first kappa shape index (κ1) is 40.7. The molecule has 292 valence electrons. The Kier molecular flexibility index (Phi) is 12.6. The monoisotopic (exact) mass is 775 g/mol. The van der Waals surface area contributed by atoms with Crippen LogP contribution in [0.25, 0.3) is 11.0 Å². The number of hydrogen-bond donors (Lipinski definition) is 1. The molecule has 17 nitrogen and oxygen atoms in total. The topological polar surface area (TPSA) is 192 Å². The lowest BCUT2D eigenvalue weighted by atomic mass is 10.1. The molecule has 0 radical (unpaired) electrons. The zero-order valence-corrected chi connectivity index (χ0v) is 32.7. The van der Waals surface area contributed by atoms with E-state index in [1.54, 1.807) is 59.6 Å². The van der Waals surface area contributed by atoms with Crippen molar-refractivity contribution in [2.24, 2.45) is 0 Å². The number of hydrogen-bond acceptors (Lipinski definition) is 14. The molecular weight excluding hydrogens is 725 g/mol. The number of carboxylic acids is 1. The number of nitrogens with zero attached hydrogens (tertiary/aromatic N) is 5. The van der Waals surface area contributed by atoms with Crippen molar-refractivity contribution < 1.29 is 56.7 Å². The lowest BCUT2D eigenvalue weighted by Gasteiger charge is -2.38. The van der Waals surface area contributed by atoms with Gasteiger partial charge in [0.1, 0.15) is 23.9 Å². The Morgan fingerprint density at radius 1 is 1.12 bits per heavy atom. The Morgan fingerprint density at radius 3 is 2.37 bits per heavy atom. The van der Waals surface area contributed by atoms with Gasteiger partial charge in [-0.15, -0.1) is 0 Å². The Morgan fingerprint density at radius 2 is 1.77 bits per heavy atom. The Labute approximate surface area is 308 Å². The number of fused-ring (bicyclic) bond motifs is 2. The molecule has 5 atom stereocenters. The van der Waals surface area contributed by atoms with E-state index in [1.165, 1.54) is 11.8 Å². The first-order valence-electron chi connectivity index (χ1n) is 17.6. The molecule has 5 rings (SSSR count). The molecule has 2 saturated heterocycles. The highest BCUT2D eigenvalue weighted by Gasteiger charge is 2.59. The van der Waals surface area contributed by atoms with E-state index in [0.717, 1.165) is 25.7 Å². The molecule has 19 heteroatoms. The van der Waals surface area contributed by atoms with Crippen molar-refractivity contribution in [2.75, 3.05) is 38.4 Å². The van der Waals surface area contributed by atoms with E-state index in [4.69, 9.17) is 49.1 Å². The first-order chi connectivity index (χ1) is 24.5. The van der Waals surface area contributed by atoms with Crippen molar-refractivity contribution in [3.63, 3.8) is 0 Å². The van der Waals surface area contributed by atoms with Crippen molar-refractivity contribution in [2.45, 2.75) is 134 Å². The third-order valence-electron chi connectivity index (χ3n) is 8.99. The highest BCUT2D eigenvalue weighted by Crippen LogP contribution is 2.63. The summed E-state index contributed by atoms with van der Waals surface area (Å²) in [6, 6.07) is -0.161. The molecule has 3 fully saturated rings. The predicted octanol–water partition coefficient (Wildman–Crippen LogP) is 6.07. The maximum Gasteiger partial charge on any atom is 0.416 e. The maximum absolute atomic E-state index is 14.3. The molecule has 1 saturated carbocycles. The van der Waals surface area contributed by atoms with E-state index in [2.05, 4.69) is 15.1 Å². The number of aliphatic carboxylic acids is 1. The maximum atomic E-state index is 14.3. The van der Waals surface area contributed by atoms with Crippen molar-refractivity contribution in [1.82, 2.24) is 19.7 Å². The van der Waals surface area contributed by atoms with Gasteiger partial charge >= 0.3 is 19.7 Å². The van der Waals surface area contributed by atoms with Crippen LogP contribution in [0.3, 0.4) is 0 Å². The average Bonchev–Trinajstić information content (AvgIpc) is 3.83. The Hall–Kier alpha value is -2.47. The summed E-state index contributed by atoms with van der Waals surface area (Å²) in [5, 5.41) is 12.8. The largest absolute Gasteiger partial charge is 0.481 e. The SMILES string of the molecule is CCOP(=O)(OCC)C(CCC(=O)O)(COC)OC[C@H]1O[C@@H](n2ncc3c(N(C(=O)OC(C)(C)C)C4CCCC4)nc(Cl)nc32)[C@@H]2OC(C)(C)O[C@@H]21. The summed E-state index contributed by atoms with van der Waals surface area (Å²) in [6.07, 6.45) is 0.573. The van der Waals surface area contributed by atoms with Crippen LogP contribution in [0.2, 0.25) is 5.28 Å². The van der Waals surface area contributed by atoms with Crippen LogP contribution in [0.5, 0.6) is 0 Å². The minimum absolute atomic E-state index is 0.0158. The molecule has 52 heavy (non-hydrogen) atoms. The fraction of sp³-hybridized carbons (Fsp3) is 0.788. The fourth-order valence-corrected chi connectivity index (χ4v) is 9.28. The number of carbonyl (C=O) groups excluding carboxylic acids is 1. The molecule has 0 bridgehead atoms. The molecule has 1 unspecified atom stereocenters. The summed E-state index contributed by atoms with van der Waals surface area (Å²) < 4.78 is 64.0. The van der Waals surface area contributed by atoms with Crippen LogP contribution < -0.4 is 4.90 Å². The number of anilines is 1. The number of carbonyl (C=O) groups is 2. The van der Waals surface area contributed by atoms with Gasteiger partial charge in [0.05, 0.1) is 38.0 Å². The van der Waals surface area contributed by atoms with Crippen molar-refractivity contribution in [3.8, 4) is 0 Å². The van der Waals surface area contributed by atoms with Gasteiger partial charge in [0.15, 0.2) is 28.8 Å². The second-order valence-corrected chi connectivity index (χ2v) is 17.1. The number of halogens is 1. The van der Waals surface area contributed by atoms with Gasteiger partial charge in [0, 0.05) is 26.0 Å². The number of carboxylic acid groups (broad SMARTS) is 1. The quantitative estimate of drug-likeness (QED) is 0.152. The smallest absolute Gasteiger partial charge is 0.416 e. The van der Waals surface area contributed by atoms with Gasteiger partial charge < -0.3 is 42.6 Å². The zero-order chi connectivity index (χ0) is 38.1. The normalized spacial score (nSPS) is 24.6. The van der Waals surface area contributed by atoms with E-state index < -0.39 is 67.3 Å². The number of rotatable bonds is 16. The van der Waals surface area contributed by atoms with Gasteiger partial charge in [-0.3, -0.25) is 14.3 Å².